The molecule has 1 fully saturated rings. The monoisotopic (exact) mass is 249 g/mol. The molecule has 0 spiro atoms. The second-order valence-corrected chi connectivity index (χ2v) is 5.98. The summed E-state index contributed by atoms with van der Waals surface area (Å²) in [5.74, 6) is 0.269. The molecular formula is C15H23NO2. The molecule has 0 aromatic heterocycles. The SMILES string of the molecule is CC1(C)CCCCC1NCc1ccc(O)cc1O. The third-order valence-electron chi connectivity index (χ3n) is 4.12. The molecule has 1 atom stereocenters. The second kappa shape index (κ2) is 5.19. The van der Waals surface area contributed by atoms with E-state index in [9.17, 15) is 10.2 Å². The van der Waals surface area contributed by atoms with Crippen molar-refractivity contribution in [2.75, 3.05) is 0 Å². The van der Waals surface area contributed by atoms with Crippen LogP contribution in [0.4, 0.5) is 0 Å². The first-order valence-corrected chi connectivity index (χ1v) is 6.73. The van der Waals surface area contributed by atoms with Crippen molar-refractivity contribution in [1.29, 1.82) is 0 Å². The summed E-state index contributed by atoms with van der Waals surface area (Å²) < 4.78 is 0. The van der Waals surface area contributed by atoms with Crippen LogP contribution in [0.5, 0.6) is 11.5 Å². The number of phenols is 2. The van der Waals surface area contributed by atoms with Crippen LogP contribution in [-0.2, 0) is 6.54 Å². The molecule has 0 heterocycles. The van der Waals surface area contributed by atoms with Gasteiger partial charge in [-0.3, -0.25) is 0 Å². The van der Waals surface area contributed by atoms with E-state index in [4.69, 9.17) is 0 Å². The highest BCUT2D eigenvalue weighted by Crippen LogP contribution is 2.35. The van der Waals surface area contributed by atoms with Gasteiger partial charge in [-0.25, -0.2) is 0 Å². The van der Waals surface area contributed by atoms with Gasteiger partial charge < -0.3 is 15.5 Å². The van der Waals surface area contributed by atoms with Crippen LogP contribution >= 0.6 is 0 Å². The fourth-order valence-electron chi connectivity index (χ4n) is 2.81. The van der Waals surface area contributed by atoms with Gasteiger partial charge in [-0.15, -0.1) is 0 Å². The van der Waals surface area contributed by atoms with Crippen LogP contribution in [0.15, 0.2) is 18.2 Å². The highest BCUT2D eigenvalue weighted by atomic mass is 16.3. The Kier molecular flexibility index (Phi) is 3.81. The smallest absolute Gasteiger partial charge is 0.123 e. The largest absolute Gasteiger partial charge is 0.508 e. The van der Waals surface area contributed by atoms with Gasteiger partial charge in [0, 0.05) is 24.2 Å². The lowest BCUT2D eigenvalue weighted by Crippen LogP contribution is -2.43. The Labute approximate surface area is 109 Å². The maximum atomic E-state index is 9.75. The maximum absolute atomic E-state index is 9.75. The number of hydrogen-bond donors (Lipinski definition) is 3. The van der Waals surface area contributed by atoms with Crippen molar-refractivity contribution in [1.82, 2.24) is 5.32 Å². The molecule has 100 valence electrons. The molecule has 0 saturated heterocycles. The van der Waals surface area contributed by atoms with Gasteiger partial charge in [0.15, 0.2) is 0 Å². The number of nitrogens with one attached hydrogen (secondary N) is 1. The third kappa shape index (κ3) is 2.96. The van der Waals surface area contributed by atoms with Gasteiger partial charge in [0.25, 0.3) is 0 Å². The maximum Gasteiger partial charge on any atom is 0.123 e. The first-order chi connectivity index (χ1) is 8.49. The molecule has 1 saturated carbocycles. The average molecular weight is 249 g/mol. The summed E-state index contributed by atoms with van der Waals surface area (Å²) in [5, 5.41) is 22.6. The van der Waals surface area contributed by atoms with E-state index in [0.717, 1.165) is 5.56 Å². The fourth-order valence-corrected chi connectivity index (χ4v) is 2.81. The Morgan fingerprint density at radius 3 is 2.72 bits per heavy atom. The lowest BCUT2D eigenvalue weighted by Gasteiger charge is -2.39. The Bertz CT molecular complexity index is 415. The molecule has 0 aliphatic heterocycles. The van der Waals surface area contributed by atoms with Crippen molar-refractivity contribution < 1.29 is 10.2 Å². The predicted octanol–water partition coefficient (Wildman–Crippen LogP) is 3.16. The molecule has 1 aromatic rings. The third-order valence-corrected chi connectivity index (χ3v) is 4.12. The van der Waals surface area contributed by atoms with Crippen LogP contribution in [0.25, 0.3) is 0 Å². The lowest BCUT2D eigenvalue weighted by atomic mass is 9.73. The zero-order chi connectivity index (χ0) is 13.2. The highest BCUT2D eigenvalue weighted by molar-refractivity contribution is 5.38. The van der Waals surface area contributed by atoms with Crippen LogP contribution in [0, 0.1) is 5.41 Å². The minimum atomic E-state index is 0.106. The van der Waals surface area contributed by atoms with E-state index in [0.29, 0.717) is 18.0 Å². The summed E-state index contributed by atoms with van der Waals surface area (Å²) in [5.41, 5.74) is 1.17. The van der Waals surface area contributed by atoms with Crippen LogP contribution in [0.3, 0.4) is 0 Å². The number of benzene rings is 1. The molecule has 3 heteroatoms. The van der Waals surface area contributed by atoms with Crippen molar-refractivity contribution in [3.8, 4) is 11.5 Å². The number of phenolic OH excluding ortho intramolecular Hbond substituents is 2. The van der Waals surface area contributed by atoms with Gasteiger partial charge in [0.2, 0.25) is 0 Å². The Morgan fingerprint density at radius 1 is 1.28 bits per heavy atom. The van der Waals surface area contributed by atoms with E-state index in [1.54, 1.807) is 12.1 Å². The van der Waals surface area contributed by atoms with Gasteiger partial charge in [-0.2, -0.15) is 0 Å². The van der Waals surface area contributed by atoms with Crippen molar-refractivity contribution in [2.24, 2.45) is 5.41 Å². The van der Waals surface area contributed by atoms with Gasteiger partial charge >= 0.3 is 0 Å². The Hall–Kier alpha value is -1.22. The fraction of sp³-hybridized carbons (Fsp3) is 0.600. The summed E-state index contributed by atoms with van der Waals surface area (Å²) in [6.45, 7) is 5.27. The van der Waals surface area contributed by atoms with Gasteiger partial charge in [0.05, 0.1) is 0 Å². The Balaban J connectivity index is 1.98. The zero-order valence-corrected chi connectivity index (χ0v) is 11.2. The molecule has 18 heavy (non-hydrogen) atoms. The number of hydrogen-bond acceptors (Lipinski definition) is 3. The molecule has 3 N–H and O–H groups in total. The molecule has 0 bridgehead atoms. The first-order valence-electron chi connectivity index (χ1n) is 6.73. The van der Waals surface area contributed by atoms with E-state index in [1.807, 2.05) is 0 Å². The van der Waals surface area contributed by atoms with E-state index in [1.165, 1.54) is 31.7 Å². The summed E-state index contributed by atoms with van der Waals surface area (Å²) in [7, 11) is 0. The van der Waals surface area contributed by atoms with Gasteiger partial charge in [0.1, 0.15) is 11.5 Å². The van der Waals surface area contributed by atoms with Gasteiger partial charge in [-0.1, -0.05) is 32.8 Å². The molecule has 0 radical (unpaired) electrons. The number of aromatic hydroxyl groups is 2. The molecule has 0 amide bonds. The van der Waals surface area contributed by atoms with Crippen LogP contribution < -0.4 is 5.32 Å². The average Bonchev–Trinajstić information content (AvgIpc) is 2.29. The minimum absolute atomic E-state index is 0.106. The summed E-state index contributed by atoms with van der Waals surface area (Å²) in [4.78, 5) is 0. The van der Waals surface area contributed by atoms with Gasteiger partial charge in [-0.05, 0) is 24.3 Å². The first kappa shape index (κ1) is 13.2. The standard InChI is InChI=1S/C15H23NO2/c1-15(2)8-4-3-5-14(15)16-10-11-6-7-12(17)9-13(11)18/h6-7,9,14,16-18H,3-5,8,10H2,1-2H3. The highest BCUT2D eigenvalue weighted by Gasteiger charge is 2.31. The quantitative estimate of drug-likeness (QED) is 0.771. The molecule has 1 aliphatic rings. The molecule has 3 nitrogen and oxygen atoms in total. The second-order valence-electron chi connectivity index (χ2n) is 5.98. The lowest BCUT2D eigenvalue weighted by molar-refractivity contribution is 0.166. The van der Waals surface area contributed by atoms with Crippen molar-refractivity contribution in [2.45, 2.75) is 52.1 Å². The van der Waals surface area contributed by atoms with Crippen LogP contribution in [0.2, 0.25) is 0 Å². The van der Waals surface area contributed by atoms with Crippen molar-refractivity contribution in [3.05, 3.63) is 23.8 Å². The molecule has 1 aromatic carbocycles. The molecule has 1 aliphatic carbocycles. The number of rotatable bonds is 3. The molecule has 2 rings (SSSR count). The van der Waals surface area contributed by atoms with Crippen molar-refractivity contribution >= 4 is 0 Å². The van der Waals surface area contributed by atoms with E-state index in [-0.39, 0.29) is 11.5 Å². The van der Waals surface area contributed by atoms with Crippen molar-refractivity contribution in [3.63, 3.8) is 0 Å². The normalized spacial score (nSPS) is 22.9. The minimum Gasteiger partial charge on any atom is -0.508 e. The van der Waals surface area contributed by atoms with Crippen LogP contribution in [0.1, 0.15) is 45.1 Å². The summed E-state index contributed by atoms with van der Waals surface area (Å²) in [6.07, 6.45) is 5.05. The van der Waals surface area contributed by atoms with E-state index < -0.39 is 0 Å². The van der Waals surface area contributed by atoms with E-state index >= 15 is 0 Å². The van der Waals surface area contributed by atoms with E-state index in [2.05, 4.69) is 19.2 Å². The topological polar surface area (TPSA) is 52.5 Å². The molecule has 1 unspecified atom stereocenters. The zero-order valence-electron chi connectivity index (χ0n) is 11.2. The summed E-state index contributed by atoms with van der Waals surface area (Å²) >= 11 is 0. The van der Waals surface area contributed by atoms with Crippen LogP contribution in [-0.4, -0.2) is 16.3 Å². The Morgan fingerprint density at radius 2 is 2.06 bits per heavy atom. The predicted molar refractivity (Wildman–Crippen MR) is 72.6 cm³/mol. The molecular weight excluding hydrogens is 226 g/mol. The summed E-state index contributed by atoms with van der Waals surface area (Å²) in [6, 6.07) is 5.28.